The Bertz CT molecular complexity index is 405. The van der Waals surface area contributed by atoms with Crippen LogP contribution in [0.2, 0.25) is 5.02 Å². The van der Waals surface area contributed by atoms with E-state index in [1.807, 2.05) is 12.1 Å². The molecule has 0 radical (unpaired) electrons. The molecule has 1 aromatic rings. The number of ketones is 1. The molecule has 92 valence electrons. The lowest BCUT2D eigenvalue weighted by Crippen LogP contribution is -2.34. The second-order valence-corrected chi connectivity index (χ2v) is 5.22. The van der Waals surface area contributed by atoms with Gasteiger partial charge in [-0.25, -0.2) is 0 Å². The maximum Gasteiger partial charge on any atom is 0.167 e. The molecule has 2 N–H and O–H groups in total. The molecule has 0 spiro atoms. The minimum Gasteiger partial charge on any atom is -0.327 e. The summed E-state index contributed by atoms with van der Waals surface area (Å²) in [6, 6.07) is 7.17. The second-order valence-electron chi connectivity index (χ2n) is 4.78. The van der Waals surface area contributed by atoms with Crippen LogP contribution in [0.5, 0.6) is 0 Å². The van der Waals surface area contributed by atoms with Crippen molar-refractivity contribution in [2.45, 2.75) is 38.1 Å². The van der Waals surface area contributed by atoms with E-state index in [0.29, 0.717) is 10.6 Å². The molecule has 1 aliphatic rings. The predicted molar refractivity (Wildman–Crippen MR) is 70.3 cm³/mol. The van der Waals surface area contributed by atoms with Crippen molar-refractivity contribution in [2.24, 2.45) is 11.7 Å². The number of hydrogen-bond donors (Lipinski definition) is 1. The zero-order valence-electron chi connectivity index (χ0n) is 9.86. The lowest BCUT2D eigenvalue weighted by molar-refractivity contribution is 0.0895. The van der Waals surface area contributed by atoms with E-state index < -0.39 is 0 Å². The highest BCUT2D eigenvalue weighted by Crippen LogP contribution is 2.26. The molecule has 1 aliphatic carbocycles. The molecule has 17 heavy (non-hydrogen) atoms. The van der Waals surface area contributed by atoms with Gasteiger partial charge in [0.15, 0.2) is 5.78 Å². The van der Waals surface area contributed by atoms with Crippen molar-refractivity contribution in [1.82, 2.24) is 0 Å². The van der Waals surface area contributed by atoms with Gasteiger partial charge < -0.3 is 5.73 Å². The Morgan fingerprint density at radius 3 is 2.76 bits per heavy atom. The Morgan fingerprint density at radius 2 is 2.00 bits per heavy atom. The van der Waals surface area contributed by atoms with Crippen molar-refractivity contribution < 1.29 is 4.79 Å². The van der Waals surface area contributed by atoms with Gasteiger partial charge in [0.25, 0.3) is 0 Å². The summed E-state index contributed by atoms with van der Waals surface area (Å²) in [6.45, 7) is 0. The fourth-order valence-electron chi connectivity index (χ4n) is 2.52. The SMILES string of the molecule is NC1CCCCCC1C(=O)c1cccc(Cl)c1. The van der Waals surface area contributed by atoms with Gasteiger partial charge >= 0.3 is 0 Å². The largest absolute Gasteiger partial charge is 0.327 e. The maximum absolute atomic E-state index is 12.4. The van der Waals surface area contributed by atoms with E-state index >= 15 is 0 Å². The van der Waals surface area contributed by atoms with Gasteiger partial charge in [0.1, 0.15) is 0 Å². The van der Waals surface area contributed by atoms with E-state index in [4.69, 9.17) is 17.3 Å². The van der Waals surface area contributed by atoms with Crippen molar-refractivity contribution in [3.05, 3.63) is 34.9 Å². The van der Waals surface area contributed by atoms with Crippen LogP contribution >= 0.6 is 11.6 Å². The monoisotopic (exact) mass is 251 g/mol. The number of nitrogens with two attached hydrogens (primary N) is 1. The molecule has 1 fully saturated rings. The van der Waals surface area contributed by atoms with Crippen LogP contribution in [-0.4, -0.2) is 11.8 Å². The van der Waals surface area contributed by atoms with Gasteiger partial charge in [-0.2, -0.15) is 0 Å². The molecule has 0 heterocycles. The smallest absolute Gasteiger partial charge is 0.167 e. The quantitative estimate of drug-likeness (QED) is 0.646. The summed E-state index contributed by atoms with van der Waals surface area (Å²) >= 11 is 5.91. The molecule has 3 heteroatoms. The summed E-state index contributed by atoms with van der Waals surface area (Å²) in [7, 11) is 0. The standard InChI is InChI=1S/C14H18ClNO/c15-11-6-4-5-10(9-11)14(17)12-7-2-1-3-8-13(12)16/h4-6,9,12-13H,1-3,7-8,16H2. The first-order chi connectivity index (χ1) is 8.18. The fraction of sp³-hybridized carbons (Fsp3) is 0.500. The molecule has 2 atom stereocenters. The fourth-order valence-corrected chi connectivity index (χ4v) is 2.71. The molecular formula is C14H18ClNO. The number of Topliss-reactive ketones (excluding diaryl/α,β-unsaturated/α-hetero) is 1. The Labute approximate surface area is 107 Å². The van der Waals surface area contributed by atoms with Gasteiger partial charge in [-0.15, -0.1) is 0 Å². The van der Waals surface area contributed by atoms with E-state index in [2.05, 4.69) is 0 Å². The van der Waals surface area contributed by atoms with E-state index in [1.54, 1.807) is 12.1 Å². The average molecular weight is 252 g/mol. The Kier molecular flexibility index (Phi) is 4.19. The van der Waals surface area contributed by atoms with Gasteiger partial charge in [0, 0.05) is 22.5 Å². The van der Waals surface area contributed by atoms with Crippen LogP contribution in [-0.2, 0) is 0 Å². The highest BCUT2D eigenvalue weighted by atomic mass is 35.5. The molecule has 2 nitrogen and oxygen atoms in total. The maximum atomic E-state index is 12.4. The molecular weight excluding hydrogens is 234 g/mol. The molecule has 2 unspecified atom stereocenters. The van der Waals surface area contributed by atoms with E-state index in [-0.39, 0.29) is 17.7 Å². The van der Waals surface area contributed by atoms with Crippen molar-refractivity contribution in [3.8, 4) is 0 Å². The third kappa shape index (κ3) is 3.08. The number of benzene rings is 1. The lowest BCUT2D eigenvalue weighted by Gasteiger charge is -2.20. The summed E-state index contributed by atoms with van der Waals surface area (Å²) in [5.74, 6) is 0.123. The van der Waals surface area contributed by atoms with Gasteiger partial charge in [-0.05, 0) is 25.0 Å². The second kappa shape index (κ2) is 5.65. The van der Waals surface area contributed by atoms with Gasteiger partial charge in [0.05, 0.1) is 0 Å². The van der Waals surface area contributed by atoms with Gasteiger partial charge in [-0.3, -0.25) is 4.79 Å². The minimum atomic E-state index is -0.0315. The number of rotatable bonds is 2. The molecule has 1 aromatic carbocycles. The normalized spacial score (nSPS) is 25.3. The number of carbonyl (C=O) groups excluding carboxylic acids is 1. The molecule has 0 bridgehead atoms. The lowest BCUT2D eigenvalue weighted by atomic mass is 9.88. The van der Waals surface area contributed by atoms with Crippen LogP contribution in [0.3, 0.4) is 0 Å². The Hall–Kier alpha value is -0.860. The zero-order valence-corrected chi connectivity index (χ0v) is 10.6. The van der Waals surface area contributed by atoms with Crippen molar-refractivity contribution in [2.75, 3.05) is 0 Å². The van der Waals surface area contributed by atoms with E-state index in [9.17, 15) is 4.79 Å². The molecule has 0 saturated heterocycles. The number of carbonyl (C=O) groups is 1. The van der Waals surface area contributed by atoms with Crippen LogP contribution in [0.1, 0.15) is 42.5 Å². The van der Waals surface area contributed by atoms with Crippen molar-refractivity contribution in [1.29, 1.82) is 0 Å². The molecule has 2 rings (SSSR count). The average Bonchev–Trinajstić information content (AvgIpc) is 2.53. The first-order valence-electron chi connectivity index (χ1n) is 6.24. The Morgan fingerprint density at radius 1 is 1.24 bits per heavy atom. The van der Waals surface area contributed by atoms with Crippen LogP contribution < -0.4 is 5.73 Å². The highest BCUT2D eigenvalue weighted by Gasteiger charge is 2.27. The van der Waals surface area contributed by atoms with Gasteiger partial charge in [0.2, 0.25) is 0 Å². The van der Waals surface area contributed by atoms with E-state index in [0.717, 1.165) is 25.7 Å². The van der Waals surface area contributed by atoms with Crippen molar-refractivity contribution >= 4 is 17.4 Å². The zero-order chi connectivity index (χ0) is 12.3. The Balaban J connectivity index is 2.18. The van der Waals surface area contributed by atoms with Gasteiger partial charge in [-0.1, -0.05) is 43.0 Å². The number of halogens is 1. The molecule has 0 aromatic heterocycles. The van der Waals surface area contributed by atoms with Crippen LogP contribution in [0.15, 0.2) is 24.3 Å². The van der Waals surface area contributed by atoms with Crippen molar-refractivity contribution in [3.63, 3.8) is 0 Å². The molecule has 0 amide bonds. The summed E-state index contributed by atoms with van der Waals surface area (Å²) < 4.78 is 0. The molecule has 0 aliphatic heterocycles. The van der Waals surface area contributed by atoms with Crippen LogP contribution in [0.4, 0.5) is 0 Å². The highest BCUT2D eigenvalue weighted by molar-refractivity contribution is 6.31. The van der Waals surface area contributed by atoms with Crippen LogP contribution in [0.25, 0.3) is 0 Å². The van der Waals surface area contributed by atoms with E-state index in [1.165, 1.54) is 6.42 Å². The first kappa shape index (κ1) is 12.6. The third-order valence-corrected chi connectivity index (χ3v) is 3.75. The summed E-state index contributed by atoms with van der Waals surface area (Å²) in [4.78, 5) is 12.4. The number of hydrogen-bond acceptors (Lipinski definition) is 2. The summed E-state index contributed by atoms with van der Waals surface area (Å²) in [6.07, 6.45) is 5.29. The first-order valence-corrected chi connectivity index (χ1v) is 6.61. The predicted octanol–water partition coefficient (Wildman–Crippen LogP) is 3.43. The summed E-state index contributed by atoms with van der Waals surface area (Å²) in [5, 5.41) is 0.609. The summed E-state index contributed by atoms with van der Waals surface area (Å²) in [5.41, 5.74) is 6.80. The third-order valence-electron chi connectivity index (χ3n) is 3.52. The van der Waals surface area contributed by atoms with Crippen LogP contribution in [0, 0.1) is 5.92 Å². The minimum absolute atomic E-state index is 0.00369. The molecule has 1 saturated carbocycles. The topological polar surface area (TPSA) is 43.1 Å².